The van der Waals surface area contributed by atoms with Crippen LogP contribution in [0.1, 0.15) is 24.2 Å². The Morgan fingerprint density at radius 1 is 1.43 bits per heavy atom. The van der Waals surface area contributed by atoms with E-state index >= 15 is 0 Å². The largest absolute Gasteiger partial charge is 0.477 e. The SMILES string of the molecule is C[C@@H]1CN(C(=O)COc2ccc(C=O)cc2[N+](=O)[O-])C[C@H](C)O1. The molecule has 1 heterocycles. The Hall–Kier alpha value is -2.48. The maximum Gasteiger partial charge on any atom is 0.311 e. The van der Waals surface area contributed by atoms with Crippen LogP contribution >= 0.6 is 0 Å². The summed E-state index contributed by atoms with van der Waals surface area (Å²) in [5.41, 5.74) is -0.169. The predicted octanol–water partition coefficient (Wildman–Crippen LogP) is 1.42. The molecule has 0 N–H and O–H groups in total. The zero-order valence-corrected chi connectivity index (χ0v) is 12.9. The van der Waals surface area contributed by atoms with Crippen molar-refractivity contribution < 1.29 is 24.0 Å². The lowest BCUT2D eigenvalue weighted by Crippen LogP contribution is -2.49. The molecule has 0 aromatic heterocycles. The van der Waals surface area contributed by atoms with Crippen molar-refractivity contribution in [3.05, 3.63) is 33.9 Å². The maximum absolute atomic E-state index is 12.2. The molecule has 1 aliphatic heterocycles. The van der Waals surface area contributed by atoms with Crippen LogP contribution < -0.4 is 4.74 Å². The number of rotatable bonds is 5. The van der Waals surface area contributed by atoms with E-state index in [1.807, 2.05) is 13.8 Å². The minimum atomic E-state index is -0.647. The van der Waals surface area contributed by atoms with E-state index in [0.29, 0.717) is 19.4 Å². The van der Waals surface area contributed by atoms with Crippen molar-refractivity contribution >= 4 is 17.9 Å². The third-order valence-corrected chi connectivity index (χ3v) is 3.44. The van der Waals surface area contributed by atoms with Crippen LogP contribution in [0.5, 0.6) is 5.75 Å². The number of carbonyl (C=O) groups excluding carboxylic acids is 2. The first-order chi connectivity index (χ1) is 10.9. The molecule has 1 amide bonds. The molecule has 1 aromatic carbocycles. The number of benzene rings is 1. The second-order valence-corrected chi connectivity index (χ2v) is 5.45. The molecular formula is C15H18N2O6. The van der Waals surface area contributed by atoms with E-state index in [0.717, 1.165) is 6.07 Å². The van der Waals surface area contributed by atoms with Gasteiger partial charge >= 0.3 is 5.69 Å². The third kappa shape index (κ3) is 4.26. The zero-order chi connectivity index (χ0) is 17.0. The van der Waals surface area contributed by atoms with Crippen molar-refractivity contribution in [2.24, 2.45) is 0 Å². The summed E-state index contributed by atoms with van der Waals surface area (Å²) in [4.78, 5) is 34.9. The van der Waals surface area contributed by atoms with Gasteiger partial charge in [0.05, 0.1) is 17.1 Å². The molecule has 1 aromatic rings. The molecule has 0 unspecified atom stereocenters. The van der Waals surface area contributed by atoms with Gasteiger partial charge in [0.25, 0.3) is 5.91 Å². The fourth-order valence-corrected chi connectivity index (χ4v) is 2.48. The molecule has 2 rings (SSSR count). The standard InChI is InChI=1S/C15H18N2O6/c1-10-6-16(7-11(2)23-10)15(19)9-22-14-4-3-12(8-18)5-13(14)17(20)21/h3-5,8,10-11H,6-7,9H2,1-2H3/t10-,11+. The van der Waals surface area contributed by atoms with E-state index in [9.17, 15) is 19.7 Å². The molecular weight excluding hydrogens is 304 g/mol. The zero-order valence-electron chi connectivity index (χ0n) is 12.9. The van der Waals surface area contributed by atoms with Crippen LogP contribution in [-0.2, 0) is 9.53 Å². The van der Waals surface area contributed by atoms with E-state index in [2.05, 4.69) is 0 Å². The quantitative estimate of drug-likeness (QED) is 0.462. The van der Waals surface area contributed by atoms with E-state index in [1.165, 1.54) is 12.1 Å². The molecule has 1 aliphatic rings. The fraction of sp³-hybridized carbons (Fsp3) is 0.467. The van der Waals surface area contributed by atoms with Crippen LogP contribution in [0, 0.1) is 10.1 Å². The molecule has 1 saturated heterocycles. The topological polar surface area (TPSA) is 99.0 Å². The molecule has 1 fully saturated rings. The van der Waals surface area contributed by atoms with Gasteiger partial charge in [0, 0.05) is 24.7 Å². The van der Waals surface area contributed by atoms with Crippen LogP contribution in [0.2, 0.25) is 0 Å². The van der Waals surface area contributed by atoms with Gasteiger partial charge in [0.15, 0.2) is 12.4 Å². The number of morpholine rings is 1. The summed E-state index contributed by atoms with van der Waals surface area (Å²) in [6.45, 7) is 4.36. The molecule has 2 atom stereocenters. The Labute approximate surface area is 133 Å². The Morgan fingerprint density at radius 2 is 2.09 bits per heavy atom. The van der Waals surface area contributed by atoms with E-state index in [-0.39, 0.29) is 41.7 Å². The summed E-state index contributed by atoms with van der Waals surface area (Å²) in [7, 11) is 0. The molecule has 8 heteroatoms. The first-order valence-electron chi connectivity index (χ1n) is 7.20. The highest BCUT2D eigenvalue weighted by molar-refractivity contribution is 5.79. The minimum Gasteiger partial charge on any atom is -0.477 e. The maximum atomic E-state index is 12.2. The number of amides is 1. The summed E-state index contributed by atoms with van der Waals surface area (Å²) in [5, 5.41) is 11.0. The van der Waals surface area contributed by atoms with Crippen molar-refractivity contribution in [1.82, 2.24) is 4.90 Å². The molecule has 8 nitrogen and oxygen atoms in total. The molecule has 0 spiro atoms. The van der Waals surface area contributed by atoms with E-state index < -0.39 is 4.92 Å². The third-order valence-electron chi connectivity index (χ3n) is 3.44. The summed E-state index contributed by atoms with van der Waals surface area (Å²) < 4.78 is 10.8. The summed E-state index contributed by atoms with van der Waals surface area (Å²) in [6.07, 6.45) is 0.381. The number of hydrogen-bond donors (Lipinski definition) is 0. The number of nitrogens with zero attached hydrogens (tertiary/aromatic N) is 2. The first-order valence-corrected chi connectivity index (χ1v) is 7.20. The summed E-state index contributed by atoms with van der Waals surface area (Å²) in [6, 6.07) is 3.84. The minimum absolute atomic E-state index is 0.0386. The van der Waals surface area contributed by atoms with Gasteiger partial charge in [-0.3, -0.25) is 19.7 Å². The highest BCUT2D eigenvalue weighted by Crippen LogP contribution is 2.27. The van der Waals surface area contributed by atoms with Gasteiger partial charge in [-0.1, -0.05) is 0 Å². The van der Waals surface area contributed by atoms with Gasteiger partial charge < -0.3 is 14.4 Å². The second-order valence-electron chi connectivity index (χ2n) is 5.45. The Morgan fingerprint density at radius 3 is 2.65 bits per heavy atom. The number of ether oxygens (including phenoxy) is 2. The Kier molecular flexibility index (Phi) is 5.28. The average Bonchev–Trinajstić information content (AvgIpc) is 2.51. The van der Waals surface area contributed by atoms with Crippen LogP contribution in [0.25, 0.3) is 0 Å². The second kappa shape index (κ2) is 7.19. The smallest absolute Gasteiger partial charge is 0.311 e. The molecule has 0 saturated carbocycles. The highest BCUT2D eigenvalue weighted by atomic mass is 16.6. The lowest BCUT2D eigenvalue weighted by molar-refractivity contribution is -0.385. The van der Waals surface area contributed by atoms with Crippen molar-refractivity contribution in [3.8, 4) is 5.75 Å². The van der Waals surface area contributed by atoms with Crippen LogP contribution in [0.15, 0.2) is 18.2 Å². The van der Waals surface area contributed by atoms with Crippen molar-refractivity contribution in [2.75, 3.05) is 19.7 Å². The molecule has 0 aliphatic carbocycles. The first kappa shape index (κ1) is 16.9. The number of nitro benzene ring substituents is 1. The fourth-order valence-electron chi connectivity index (χ4n) is 2.48. The van der Waals surface area contributed by atoms with Gasteiger partial charge in [-0.05, 0) is 26.0 Å². The van der Waals surface area contributed by atoms with Crippen molar-refractivity contribution in [2.45, 2.75) is 26.1 Å². The van der Waals surface area contributed by atoms with Crippen LogP contribution in [0.4, 0.5) is 5.69 Å². The normalized spacial score (nSPS) is 20.9. The lowest BCUT2D eigenvalue weighted by atomic mass is 10.2. The lowest BCUT2D eigenvalue weighted by Gasteiger charge is -2.35. The molecule has 0 bridgehead atoms. The number of aldehydes is 1. The van der Waals surface area contributed by atoms with Gasteiger partial charge in [-0.25, -0.2) is 0 Å². The van der Waals surface area contributed by atoms with E-state index in [1.54, 1.807) is 4.90 Å². The van der Waals surface area contributed by atoms with Crippen LogP contribution in [0.3, 0.4) is 0 Å². The Bertz CT molecular complexity index is 608. The molecule has 124 valence electrons. The number of hydrogen-bond acceptors (Lipinski definition) is 6. The Balaban J connectivity index is 2.04. The highest BCUT2D eigenvalue weighted by Gasteiger charge is 2.26. The van der Waals surface area contributed by atoms with Gasteiger partial charge in [0.2, 0.25) is 0 Å². The molecule has 0 radical (unpaired) electrons. The number of carbonyl (C=O) groups is 2. The predicted molar refractivity (Wildman–Crippen MR) is 80.6 cm³/mol. The average molecular weight is 322 g/mol. The summed E-state index contributed by atoms with van der Waals surface area (Å²) >= 11 is 0. The van der Waals surface area contributed by atoms with Gasteiger partial charge in [-0.15, -0.1) is 0 Å². The molecule has 23 heavy (non-hydrogen) atoms. The van der Waals surface area contributed by atoms with Crippen LogP contribution in [-0.4, -0.2) is 53.9 Å². The van der Waals surface area contributed by atoms with E-state index in [4.69, 9.17) is 9.47 Å². The van der Waals surface area contributed by atoms with Gasteiger partial charge in [0.1, 0.15) is 6.29 Å². The monoisotopic (exact) mass is 322 g/mol. The van der Waals surface area contributed by atoms with Crippen molar-refractivity contribution in [1.29, 1.82) is 0 Å². The summed E-state index contributed by atoms with van der Waals surface area (Å²) in [5.74, 6) is -0.302. The van der Waals surface area contributed by atoms with Crippen molar-refractivity contribution in [3.63, 3.8) is 0 Å². The number of nitro groups is 1. The van der Waals surface area contributed by atoms with Gasteiger partial charge in [-0.2, -0.15) is 0 Å².